The van der Waals surface area contributed by atoms with E-state index in [0.717, 1.165) is 6.42 Å². The minimum atomic E-state index is -0.749. The van der Waals surface area contributed by atoms with E-state index >= 15 is 0 Å². The standard InChI is InChI=1S/C9H10O2/c1-5-2-3-6(9(10)11)8-4-7(5)8/h2-3,7-8H,4H2,1H3,(H,10,11). The number of carboxylic acids is 1. The van der Waals surface area contributed by atoms with Crippen LogP contribution in [0.5, 0.6) is 0 Å². The second-order valence-electron chi connectivity index (χ2n) is 3.29. The molecule has 1 fully saturated rings. The highest BCUT2D eigenvalue weighted by molar-refractivity contribution is 5.89. The third-order valence-corrected chi connectivity index (χ3v) is 2.55. The van der Waals surface area contributed by atoms with Crippen LogP contribution in [0.1, 0.15) is 13.3 Å². The molecule has 2 unspecified atom stereocenters. The summed E-state index contributed by atoms with van der Waals surface area (Å²) in [6, 6.07) is 0. The Morgan fingerprint density at radius 1 is 1.55 bits per heavy atom. The molecule has 0 spiro atoms. The van der Waals surface area contributed by atoms with Gasteiger partial charge in [0.2, 0.25) is 0 Å². The molecule has 0 heterocycles. The number of aliphatic carboxylic acids is 1. The number of allylic oxidation sites excluding steroid dienone is 3. The predicted octanol–water partition coefficient (Wildman–Crippen LogP) is 1.59. The Balaban J connectivity index is 2.31. The van der Waals surface area contributed by atoms with Crippen molar-refractivity contribution in [3.8, 4) is 0 Å². The van der Waals surface area contributed by atoms with Gasteiger partial charge in [0, 0.05) is 5.57 Å². The summed E-state index contributed by atoms with van der Waals surface area (Å²) in [6.07, 6.45) is 4.71. The summed E-state index contributed by atoms with van der Waals surface area (Å²) in [6.45, 7) is 2.07. The Morgan fingerprint density at radius 3 is 2.91 bits per heavy atom. The molecule has 0 aromatic carbocycles. The van der Waals surface area contributed by atoms with Gasteiger partial charge in [0.15, 0.2) is 0 Å². The molecule has 11 heavy (non-hydrogen) atoms. The second kappa shape index (κ2) is 1.97. The quantitative estimate of drug-likeness (QED) is 0.616. The first-order valence-corrected chi connectivity index (χ1v) is 3.82. The smallest absolute Gasteiger partial charge is 0.331 e. The van der Waals surface area contributed by atoms with Crippen LogP contribution in [0.2, 0.25) is 0 Å². The van der Waals surface area contributed by atoms with Gasteiger partial charge in [0.1, 0.15) is 0 Å². The van der Waals surface area contributed by atoms with Crippen molar-refractivity contribution in [1.82, 2.24) is 0 Å². The largest absolute Gasteiger partial charge is 0.478 e. The zero-order chi connectivity index (χ0) is 8.01. The molecule has 1 N–H and O–H groups in total. The number of hydrogen-bond acceptors (Lipinski definition) is 1. The molecule has 58 valence electrons. The van der Waals surface area contributed by atoms with E-state index < -0.39 is 5.97 Å². The zero-order valence-electron chi connectivity index (χ0n) is 6.37. The van der Waals surface area contributed by atoms with E-state index in [-0.39, 0.29) is 0 Å². The molecule has 2 aliphatic carbocycles. The first-order valence-electron chi connectivity index (χ1n) is 3.82. The van der Waals surface area contributed by atoms with Crippen molar-refractivity contribution in [3.63, 3.8) is 0 Å². The fourth-order valence-corrected chi connectivity index (χ4v) is 1.74. The summed E-state index contributed by atoms with van der Waals surface area (Å²) < 4.78 is 0. The Hall–Kier alpha value is -1.05. The first-order chi connectivity index (χ1) is 5.20. The van der Waals surface area contributed by atoms with Crippen LogP contribution in [0.25, 0.3) is 0 Å². The maximum atomic E-state index is 10.6. The van der Waals surface area contributed by atoms with Crippen LogP contribution in [0, 0.1) is 11.8 Å². The van der Waals surface area contributed by atoms with Crippen molar-refractivity contribution in [2.45, 2.75) is 13.3 Å². The molecule has 0 aliphatic heterocycles. The Morgan fingerprint density at radius 2 is 2.27 bits per heavy atom. The fraction of sp³-hybridized carbons (Fsp3) is 0.444. The van der Waals surface area contributed by atoms with Crippen molar-refractivity contribution < 1.29 is 9.90 Å². The molecule has 2 aliphatic rings. The minimum Gasteiger partial charge on any atom is -0.478 e. The van der Waals surface area contributed by atoms with Crippen LogP contribution in [0.3, 0.4) is 0 Å². The van der Waals surface area contributed by atoms with Crippen molar-refractivity contribution in [2.75, 3.05) is 0 Å². The van der Waals surface area contributed by atoms with Crippen molar-refractivity contribution in [3.05, 3.63) is 23.3 Å². The van der Waals surface area contributed by atoms with Crippen molar-refractivity contribution >= 4 is 5.97 Å². The Kier molecular flexibility index (Phi) is 1.19. The number of rotatable bonds is 1. The van der Waals surface area contributed by atoms with E-state index in [1.54, 1.807) is 6.08 Å². The molecule has 0 radical (unpaired) electrons. The van der Waals surface area contributed by atoms with Gasteiger partial charge in [-0.3, -0.25) is 0 Å². The molecule has 1 saturated carbocycles. The van der Waals surface area contributed by atoms with Gasteiger partial charge in [-0.2, -0.15) is 0 Å². The third kappa shape index (κ3) is 0.897. The van der Waals surface area contributed by atoms with Crippen LogP contribution in [0.4, 0.5) is 0 Å². The van der Waals surface area contributed by atoms with Crippen molar-refractivity contribution in [1.29, 1.82) is 0 Å². The summed E-state index contributed by atoms with van der Waals surface area (Å²) >= 11 is 0. The van der Waals surface area contributed by atoms with E-state index in [4.69, 9.17) is 5.11 Å². The number of carboxylic acid groups (broad SMARTS) is 1. The van der Waals surface area contributed by atoms with Gasteiger partial charge in [-0.05, 0) is 25.2 Å². The van der Waals surface area contributed by atoms with Crippen molar-refractivity contribution in [2.24, 2.45) is 11.8 Å². The highest BCUT2D eigenvalue weighted by Gasteiger charge is 2.44. The topological polar surface area (TPSA) is 37.3 Å². The molecule has 2 nitrogen and oxygen atoms in total. The number of hydrogen-bond donors (Lipinski definition) is 1. The molecular formula is C9H10O2. The van der Waals surface area contributed by atoms with E-state index in [0.29, 0.717) is 17.4 Å². The Bertz CT molecular complexity index is 273. The molecular weight excluding hydrogens is 140 g/mol. The number of carbonyl (C=O) groups is 1. The van der Waals surface area contributed by atoms with E-state index in [1.165, 1.54) is 5.57 Å². The second-order valence-corrected chi connectivity index (χ2v) is 3.29. The fourth-order valence-electron chi connectivity index (χ4n) is 1.74. The number of fused-ring (bicyclic) bond motifs is 1. The van der Waals surface area contributed by atoms with Crippen LogP contribution >= 0.6 is 0 Å². The summed E-state index contributed by atoms with van der Waals surface area (Å²) in [5, 5.41) is 8.72. The average Bonchev–Trinajstić information content (AvgIpc) is 2.66. The van der Waals surface area contributed by atoms with Gasteiger partial charge in [-0.25, -0.2) is 4.79 Å². The molecule has 2 atom stereocenters. The lowest BCUT2D eigenvalue weighted by Crippen LogP contribution is -2.06. The molecule has 0 aromatic heterocycles. The molecule has 0 amide bonds. The highest BCUT2D eigenvalue weighted by atomic mass is 16.4. The highest BCUT2D eigenvalue weighted by Crippen LogP contribution is 2.50. The van der Waals surface area contributed by atoms with E-state index in [1.807, 2.05) is 6.08 Å². The molecule has 0 bridgehead atoms. The Labute approximate surface area is 65.2 Å². The molecule has 0 aromatic rings. The monoisotopic (exact) mass is 150 g/mol. The summed E-state index contributed by atoms with van der Waals surface area (Å²) in [5.41, 5.74) is 1.93. The SMILES string of the molecule is CC1=CC=C(C(=O)O)C2CC12. The normalized spacial score (nSPS) is 33.5. The van der Waals surface area contributed by atoms with Gasteiger partial charge in [0.05, 0.1) is 0 Å². The van der Waals surface area contributed by atoms with Crippen LogP contribution in [0.15, 0.2) is 23.3 Å². The van der Waals surface area contributed by atoms with Gasteiger partial charge in [-0.1, -0.05) is 17.7 Å². The zero-order valence-corrected chi connectivity index (χ0v) is 6.37. The summed E-state index contributed by atoms with van der Waals surface area (Å²) in [5.74, 6) is 0.129. The maximum Gasteiger partial charge on any atom is 0.331 e. The minimum absolute atomic E-state index is 0.331. The van der Waals surface area contributed by atoms with E-state index in [9.17, 15) is 4.79 Å². The molecule has 2 heteroatoms. The third-order valence-electron chi connectivity index (χ3n) is 2.55. The summed E-state index contributed by atoms with van der Waals surface area (Å²) in [7, 11) is 0. The van der Waals surface area contributed by atoms with Gasteiger partial charge in [-0.15, -0.1) is 0 Å². The lowest BCUT2D eigenvalue weighted by atomic mass is 10.00. The van der Waals surface area contributed by atoms with Gasteiger partial charge < -0.3 is 5.11 Å². The molecule has 2 rings (SSSR count). The summed E-state index contributed by atoms with van der Waals surface area (Å²) in [4.78, 5) is 10.6. The average molecular weight is 150 g/mol. The first kappa shape index (κ1) is 6.65. The van der Waals surface area contributed by atoms with E-state index in [2.05, 4.69) is 6.92 Å². The maximum absolute atomic E-state index is 10.6. The van der Waals surface area contributed by atoms with Crippen LogP contribution in [-0.4, -0.2) is 11.1 Å². The lowest BCUT2D eigenvalue weighted by molar-refractivity contribution is -0.133. The molecule has 0 saturated heterocycles. The predicted molar refractivity (Wildman–Crippen MR) is 41.1 cm³/mol. The van der Waals surface area contributed by atoms with Gasteiger partial charge >= 0.3 is 5.97 Å². The van der Waals surface area contributed by atoms with Crippen LogP contribution in [-0.2, 0) is 4.79 Å². The van der Waals surface area contributed by atoms with Crippen LogP contribution < -0.4 is 0 Å². The lowest BCUT2D eigenvalue weighted by Gasteiger charge is -2.05. The van der Waals surface area contributed by atoms with Gasteiger partial charge in [0.25, 0.3) is 0 Å².